The Balaban J connectivity index is 1.94. The predicted molar refractivity (Wildman–Crippen MR) is 78.6 cm³/mol. The summed E-state index contributed by atoms with van der Waals surface area (Å²) in [5.74, 6) is -0.602. The minimum Gasteiger partial charge on any atom is -0.480 e. The topological polar surface area (TPSA) is 58.6 Å². The first-order chi connectivity index (χ1) is 9.08. The van der Waals surface area contributed by atoms with Gasteiger partial charge in [0.25, 0.3) is 0 Å². The number of aryl methyl sites for hydroxylation is 1. The van der Waals surface area contributed by atoms with E-state index in [0.29, 0.717) is 19.8 Å². The lowest BCUT2D eigenvalue weighted by atomic mass is 9.92. The van der Waals surface area contributed by atoms with Crippen molar-refractivity contribution in [2.45, 2.75) is 32.4 Å². The molecule has 2 heterocycles. The first-order valence-electron chi connectivity index (χ1n) is 6.36. The Morgan fingerprint density at radius 3 is 2.84 bits per heavy atom. The summed E-state index contributed by atoms with van der Waals surface area (Å²) < 4.78 is 6.40. The molecule has 1 aromatic heterocycles. The molecule has 0 bridgehead atoms. The average Bonchev–Trinajstić information content (AvgIpc) is 2.70. The molecule has 19 heavy (non-hydrogen) atoms. The molecule has 0 radical (unpaired) electrons. The molecular formula is C13H18BrNO3S. The third kappa shape index (κ3) is 4.02. The molecule has 0 saturated carbocycles. The molecule has 1 unspecified atom stereocenters. The van der Waals surface area contributed by atoms with E-state index in [1.807, 2.05) is 6.92 Å². The molecule has 1 aliphatic heterocycles. The van der Waals surface area contributed by atoms with Gasteiger partial charge in [-0.2, -0.15) is 0 Å². The maximum absolute atomic E-state index is 11.4. The van der Waals surface area contributed by atoms with Gasteiger partial charge in [-0.05, 0) is 53.2 Å². The zero-order valence-corrected chi connectivity index (χ0v) is 13.2. The van der Waals surface area contributed by atoms with E-state index < -0.39 is 12.0 Å². The van der Waals surface area contributed by atoms with Gasteiger partial charge in [0.05, 0.1) is 3.79 Å². The van der Waals surface area contributed by atoms with Crippen LogP contribution in [0.3, 0.4) is 0 Å². The summed E-state index contributed by atoms with van der Waals surface area (Å²) in [4.78, 5) is 12.5. The van der Waals surface area contributed by atoms with Crippen LogP contribution >= 0.6 is 27.3 Å². The van der Waals surface area contributed by atoms with Gasteiger partial charge in [-0.3, -0.25) is 10.1 Å². The van der Waals surface area contributed by atoms with E-state index in [2.05, 4.69) is 27.3 Å². The molecule has 1 fully saturated rings. The Hall–Kier alpha value is -0.430. The average molecular weight is 348 g/mol. The molecule has 0 spiro atoms. The maximum Gasteiger partial charge on any atom is 0.320 e. The molecule has 1 aromatic rings. The van der Waals surface area contributed by atoms with Gasteiger partial charge in [-0.1, -0.05) is 0 Å². The number of thiophene rings is 1. The first kappa shape index (κ1) is 15.0. The Kier molecular flexibility index (Phi) is 5.38. The van der Waals surface area contributed by atoms with Crippen LogP contribution in [-0.4, -0.2) is 30.3 Å². The van der Waals surface area contributed by atoms with Crippen molar-refractivity contribution in [1.82, 2.24) is 5.32 Å². The van der Waals surface area contributed by atoms with E-state index >= 15 is 0 Å². The largest absolute Gasteiger partial charge is 0.480 e. The highest BCUT2D eigenvalue weighted by atomic mass is 79.9. The standard InChI is InChI=1S/C13H18BrNO3S/c1-8-6-10(19-12(8)14)7-15-11(13(16)17)9-2-4-18-5-3-9/h6,9,11,15H,2-5,7H2,1H3,(H,16,17). The molecule has 0 aromatic carbocycles. The summed E-state index contributed by atoms with van der Waals surface area (Å²) in [6.45, 7) is 3.97. The zero-order chi connectivity index (χ0) is 13.8. The molecular weight excluding hydrogens is 330 g/mol. The maximum atomic E-state index is 11.4. The van der Waals surface area contributed by atoms with Crippen LogP contribution in [0.25, 0.3) is 0 Å². The molecule has 2 rings (SSSR count). The monoisotopic (exact) mass is 347 g/mol. The number of ether oxygens (including phenoxy) is 1. The summed E-state index contributed by atoms with van der Waals surface area (Å²) in [6, 6.07) is 1.61. The fourth-order valence-corrected chi connectivity index (χ4v) is 3.91. The molecule has 106 valence electrons. The third-order valence-electron chi connectivity index (χ3n) is 3.41. The van der Waals surface area contributed by atoms with Gasteiger partial charge in [-0.15, -0.1) is 11.3 Å². The number of hydrogen-bond acceptors (Lipinski definition) is 4. The van der Waals surface area contributed by atoms with Gasteiger partial charge in [0, 0.05) is 24.6 Å². The van der Waals surface area contributed by atoms with Crippen molar-refractivity contribution < 1.29 is 14.6 Å². The van der Waals surface area contributed by atoms with Crippen molar-refractivity contribution in [3.8, 4) is 0 Å². The summed E-state index contributed by atoms with van der Waals surface area (Å²) in [6.07, 6.45) is 1.63. The SMILES string of the molecule is Cc1cc(CNC(C(=O)O)C2CCOCC2)sc1Br. The van der Waals surface area contributed by atoms with Crippen molar-refractivity contribution in [3.63, 3.8) is 0 Å². The number of halogens is 1. The molecule has 1 atom stereocenters. The van der Waals surface area contributed by atoms with Crippen molar-refractivity contribution in [3.05, 3.63) is 20.3 Å². The van der Waals surface area contributed by atoms with Gasteiger partial charge in [0.2, 0.25) is 0 Å². The Labute approximate surface area is 125 Å². The van der Waals surface area contributed by atoms with E-state index in [-0.39, 0.29) is 5.92 Å². The van der Waals surface area contributed by atoms with Crippen LogP contribution in [0, 0.1) is 12.8 Å². The third-order valence-corrected chi connectivity index (χ3v) is 5.54. The lowest BCUT2D eigenvalue weighted by Crippen LogP contribution is -2.44. The molecule has 1 aliphatic rings. The molecule has 2 N–H and O–H groups in total. The molecule has 0 amide bonds. The highest BCUT2D eigenvalue weighted by Gasteiger charge is 2.29. The number of hydrogen-bond donors (Lipinski definition) is 2. The summed E-state index contributed by atoms with van der Waals surface area (Å²) in [7, 11) is 0. The second-order valence-corrected chi connectivity index (χ2v) is 7.27. The van der Waals surface area contributed by atoms with Crippen LogP contribution in [0.4, 0.5) is 0 Å². The van der Waals surface area contributed by atoms with Crippen molar-refractivity contribution >= 4 is 33.2 Å². The number of rotatable bonds is 5. The van der Waals surface area contributed by atoms with Crippen molar-refractivity contribution in [2.75, 3.05) is 13.2 Å². The number of carboxylic acids is 1. The number of carbonyl (C=O) groups is 1. The summed E-state index contributed by atoms with van der Waals surface area (Å²) >= 11 is 5.14. The fraction of sp³-hybridized carbons (Fsp3) is 0.615. The van der Waals surface area contributed by atoms with Gasteiger partial charge >= 0.3 is 5.97 Å². The summed E-state index contributed by atoms with van der Waals surface area (Å²) in [5.41, 5.74) is 1.19. The number of nitrogens with one attached hydrogen (secondary N) is 1. The minimum atomic E-state index is -0.765. The lowest BCUT2D eigenvalue weighted by molar-refractivity contribution is -0.142. The smallest absolute Gasteiger partial charge is 0.320 e. The quantitative estimate of drug-likeness (QED) is 0.859. The van der Waals surface area contributed by atoms with E-state index in [1.54, 1.807) is 11.3 Å². The van der Waals surface area contributed by atoms with Crippen molar-refractivity contribution in [2.24, 2.45) is 5.92 Å². The second kappa shape index (κ2) is 6.83. The highest BCUT2D eigenvalue weighted by molar-refractivity contribution is 9.11. The van der Waals surface area contributed by atoms with Crippen LogP contribution in [0.15, 0.2) is 9.85 Å². The van der Waals surface area contributed by atoms with Crippen LogP contribution in [0.1, 0.15) is 23.3 Å². The van der Waals surface area contributed by atoms with E-state index in [9.17, 15) is 9.90 Å². The Bertz CT molecular complexity index is 424. The van der Waals surface area contributed by atoms with Gasteiger partial charge in [-0.25, -0.2) is 0 Å². The van der Waals surface area contributed by atoms with Gasteiger partial charge in [0.15, 0.2) is 0 Å². The molecule has 6 heteroatoms. The van der Waals surface area contributed by atoms with Crippen LogP contribution < -0.4 is 5.32 Å². The predicted octanol–water partition coefficient (Wildman–Crippen LogP) is 2.79. The van der Waals surface area contributed by atoms with Crippen LogP contribution in [0.5, 0.6) is 0 Å². The number of carboxylic acid groups (broad SMARTS) is 1. The fourth-order valence-electron chi connectivity index (χ4n) is 2.33. The van der Waals surface area contributed by atoms with E-state index in [4.69, 9.17) is 4.74 Å². The van der Waals surface area contributed by atoms with Gasteiger partial charge in [0.1, 0.15) is 6.04 Å². The van der Waals surface area contributed by atoms with Crippen LogP contribution in [0.2, 0.25) is 0 Å². The van der Waals surface area contributed by atoms with Crippen LogP contribution in [-0.2, 0) is 16.1 Å². The van der Waals surface area contributed by atoms with Gasteiger partial charge < -0.3 is 9.84 Å². The Morgan fingerprint density at radius 2 is 2.32 bits per heavy atom. The highest BCUT2D eigenvalue weighted by Crippen LogP contribution is 2.27. The molecule has 4 nitrogen and oxygen atoms in total. The lowest BCUT2D eigenvalue weighted by Gasteiger charge is -2.28. The minimum absolute atomic E-state index is 0.163. The summed E-state index contributed by atoms with van der Waals surface area (Å²) in [5, 5.41) is 12.5. The number of aliphatic carboxylic acids is 1. The Morgan fingerprint density at radius 1 is 1.63 bits per heavy atom. The van der Waals surface area contributed by atoms with E-state index in [0.717, 1.165) is 21.5 Å². The molecule has 1 saturated heterocycles. The van der Waals surface area contributed by atoms with E-state index in [1.165, 1.54) is 5.56 Å². The zero-order valence-electron chi connectivity index (χ0n) is 10.8. The van der Waals surface area contributed by atoms with Crippen molar-refractivity contribution in [1.29, 1.82) is 0 Å². The molecule has 0 aliphatic carbocycles. The second-order valence-electron chi connectivity index (χ2n) is 4.82. The normalized spacial score (nSPS) is 18.4. The first-order valence-corrected chi connectivity index (χ1v) is 7.97.